The third kappa shape index (κ3) is 1.28. The summed E-state index contributed by atoms with van der Waals surface area (Å²) in [6, 6.07) is 0. The first-order valence-corrected chi connectivity index (χ1v) is 10.2. The first-order valence-electron chi connectivity index (χ1n) is 10.2. The number of ether oxygens (including phenoxy) is 1. The summed E-state index contributed by atoms with van der Waals surface area (Å²) in [7, 11) is 0. The lowest BCUT2D eigenvalue weighted by atomic mass is 9.57. The molecule has 5 saturated carbocycles. The molecule has 22 heavy (non-hydrogen) atoms. The van der Waals surface area contributed by atoms with E-state index in [2.05, 4.69) is 13.8 Å². The van der Waals surface area contributed by atoms with E-state index >= 15 is 0 Å². The van der Waals surface area contributed by atoms with E-state index in [0.717, 1.165) is 47.5 Å². The molecule has 6 rings (SSSR count). The van der Waals surface area contributed by atoms with Crippen LogP contribution in [0.3, 0.4) is 0 Å². The molecular weight excluding hydrogens is 268 g/mol. The van der Waals surface area contributed by atoms with Crippen LogP contribution in [-0.4, -0.2) is 12.2 Å². The lowest BCUT2D eigenvalue weighted by Crippen LogP contribution is -2.43. The van der Waals surface area contributed by atoms with E-state index in [-0.39, 0.29) is 5.60 Å². The van der Waals surface area contributed by atoms with Crippen molar-refractivity contribution in [3.05, 3.63) is 0 Å². The van der Waals surface area contributed by atoms with Gasteiger partial charge in [0.1, 0.15) is 0 Å². The van der Waals surface area contributed by atoms with Gasteiger partial charge in [-0.3, -0.25) is 0 Å². The molecule has 122 valence electrons. The SMILES string of the molecule is CC1([C@H]2CCC34C5CC6CCCC[C@@H]6C(CC[C@]23C)[C@@H]54)CO1. The van der Waals surface area contributed by atoms with E-state index < -0.39 is 0 Å². The van der Waals surface area contributed by atoms with Gasteiger partial charge < -0.3 is 4.74 Å². The molecule has 5 unspecified atom stereocenters. The van der Waals surface area contributed by atoms with Gasteiger partial charge in [0.25, 0.3) is 0 Å². The predicted octanol–water partition coefficient (Wildman–Crippen LogP) is 5.04. The number of epoxide rings is 1. The Labute approximate surface area is 135 Å². The summed E-state index contributed by atoms with van der Waals surface area (Å²) in [4.78, 5) is 0. The number of hydrogen-bond donors (Lipinski definition) is 0. The molecule has 6 aliphatic rings. The molecule has 0 bridgehead atoms. The van der Waals surface area contributed by atoms with Crippen LogP contribution in [0.1, 0.15) is 71.6 Å². The van der Waals surface area contributed by atoms with Crippen molar-refractivity contribution in [3.8, 4) is 0 Å². The van der Waals surface area contributed by atoms with Gasteiger partial charge in [0.2, 0.25) is 0 Å². The van der Waals surface area contributed by atoms with Crippen LogP contribution in [0.2, 0.25) is 0 Å². The van der Waals surface area contributed by atoms with Crippen LogP contribution < -0.4 is 0 Å². The summed E-state index contributed by atoms with van der Waals surface area (Å²) in [6.07, 6.45) is 14.0. The minimum atomic E-state index is 0.267. The molecule has 1 spiro atoms. The van der Waals surface area contributed by atoms with E-state index in [1.54, 1.807) is 32.1 Å². The highest BCUT2D eigenvalue weighted by Crippen LogP contribution is 2.87. The summed E-state index contributed by atoms with van der Waals surface area (Å²) in [6.45, 7) is 6.17. The Morgan fingerprint density at radius 3 is 2.55 bits per heavy atom. The molecular formula is C21H32O. The van der Waals surface area contributed by atoms with Gasteiger partial charge in [0.05, 0.1) is 12.2 Å². The maximum absolute atomic E-state index is 5.96. The standard InChI is InChI=1S/C21H32O/c1-19-9-7-15-14-6-4-3-5-13(14)11-16-18(15)21(16,19)10-8-17(19)20(2)12-22-20/h13-18H,3-12H2,1-2H3/t13?,14-,15?,16?,17-,18-,19+,20?,21?/m0/s1. The molecule has 0 aromatic heterocycles. The Hall–Kier alpha value is -0.0400. The smallest absolute Gasteiger partial charge is 0.0921 e. The van der Waals surface area contributed by atoms with Gasteiger partial charge in [-0.1, -0.05) is 26.2 Å². The molecule has 1 heterocycles. The molecule has 1 aliphatic heterocycles. The first-order chi connectivity index (χ1) is 10.6. The Bertz CT molecular complexity index is 522. The summed E-state index contributed by atoms with van der Waals surface area (Å²) < 4.78 is 5.96. The zero-order valence-electron chi connectivity index (χ0n) is 14.4. The van der Waals surface area contributed by atoms with Crippen molar-refractivity contribution < 1.29 is 4.74 Å². The molecule has 9 atom stereocenters. The summed E-state index contributed by atoms with van der Waals surface area (Å²) >= 11 is 0. The zero-order chi connectivity index (χ0) is 14.7. The highest BCUT2D eigenvalue weighted by atomic mass is 16.6. The van der Waals surface area contributed by atoms with Crippen LogP contribution in [0.5, 0.6) is 0 Å². The average Bonchev–Trinajstić information content (AvgIpc) is 3.37. The van der Waals surface area contributed by atoms with Crippen molar-refractivity contribution in [2.75, 3.05) is 6.61 Å². The van der Waals surface area contributed by atoms with Gasteiger partial charge in [-0.2, -0.15) is 0 Å². The van der Waals surface area contributed by atoms with Gasteiger partial charge in [0, 0.05) is 0 Å². The lowest BCUT2D eigenvalue weighted by Gasteiger charge is -2.47. The Morgan fingerprint density at radius 2 is 1.73 bits per heavy atom. The number of rotatable bonds is 1. The molecule has 1 nitrogen and oxygen atoms in total. The monoisotopic (exact) mass is 300 g/mol. The second-order valence-corrected chi connectivity index (χ2v) is 10.4. The van der Waals surface area contributed by atoms with Crippen molar-refractivity contribution >= 4 is 0 Å². The van der Waals surface area contributed by atoms with Crippen molar-refractivity contribution in [1.29, 1.82) is 0 Å². The van der Waals surface area contributed by atoms with Crippen molar-refractivity contribution in [2.24, 2.45) is 46.3 Å². The predicted molar refractivity (Wildman–Crippen MR) is 87.4 cm³/mol. The van der Waals surface area contributed by atoms with Gasteiger partial charge in [-0.25, -0.2) is 0 Å². The van der Waals surface area contributed by atoms with Crippen LogP contribution in [0.4, 0.5) is 0 Å². The summed E-state index contributed by atoms with van der Waals surface area (Å²) in [5, 5.41) is 0. The molecule has 6 fully saturated rings. The maximum Gasteiger partial charge on any atom is 0.0921 e. The fourth-order valence-electron chi connectivity index (χ4n) is 9.30. The van der Waals surface area contributed by atoms with Crippen LogP contribution >= 0.6 is 0 Å². The molecule has 0 aromatic carbocycles. The Morgan fingerprint density at radius 1 is 0.909 bits per heavy atom. The fraction of sp³-hybridized carbons (Fsp3) is 1.00. The van der Waals surface area contributed by atoms with E-state index in [1.165, 1.54) is 25.7 Å². The molecule has 0 aromatic rings. The molecule has 0 radical (unpaired) electrons. The second-order valence-electron chi connectivity index (χ2n) is 10.4. The van der Waals surface area contributed by atoms with E-state index in [9.17, 15) is 0 Å². The highest BCUT2D eigenvalue weighted by Gasteiger charge is 2.82. The maximum atomic E-state index is 5.96. The molecule has 1 heteroatoms. The average molecular weight is 300 g/mol. The normalized spacial score (nSPS) is 67.9. The number of fused-ring (bicyclic) bond motifs is 2. The first kappa shape index (κ1) is 13.3. The van der Waals surface area contributed by atoms with Crippen LogP contribution in [0, 0.1) is 46.3 Å². The minimum Gasteiger partial charge on any atom is -0.370 e. The third-order valence-electron chi connectivity index (χ3n) is 10.1. The quantitative estimate of drug-likeness (QED) is 0.618. The molecule has 0 N–H and O–H groups in total. The van der Waals surface area contributed by atoms with Crippen LogP contribution in [0.25, 0.3) is 0 Å². The molecule has 1 saturated heterocycles. The van der Waals surface area contributed by atoms with Gasteiger partial charge >= 0.3 is 0 Å². The van der Waals surface area contributed by atoms with Gasteiger partial charge in [-0.15, -0.1) is 0 Å². The number of hydrogen-bond acceptors (Lipinski definition) is 1. The van der Waals surface area contributed by atoms with Crippen molar-refractivity contribution in [3.63, 3.8) is 0 Å². The van der Waals surface area contributed by atoms with Gasteiger partial charge in [0.15, 0.2) is 0 Å². The summed E-state index contributed by atoms with van der Waals surface area (Å²) in [5.41, 5.74) is 1.66. The van der Waals surface area contributed by atoms with E-state index in [4.69, 9.17) is 4.74 Å². The van der Waals surface area contributed by atoms with E-state index in [1.807, 2.05) is 0 Å². The topological polar surface area (TPSA) is 12.5 Å². The lowest BCUT2D eigenvalue weighted by molar-refractivity contribution is 0.000890. The van der Waals surface area contributed by atoms with Crippen LogP contribution in [0.15, 0.2) is 0 Å². The van der Waals surface area contributed by atoms with Crippen molar-refractivity contribution in [1.82, 2.24) is 0 Å². The fourth-order valence-corrected chi connectivity index (χ4v) is 9.30. The van der Waals surface area contributed by atoms with Gasteiger partial charge in [-0.05, 0) is 91.8 Å². The molecule has 5 aliphatic carbocycles. The Balaban J connectivity index is 1.39. The third-order valence-corrected chi connectivity index (χ3v) is 10.1. The largest absolute Gasteiger partial charge is 0.370 e. The van der Waals surface area contributed by atoms with E-state index in [0.29, 0.717) is 5.41 Å². The second kappa shape index (κ2) is 3.79. The zero-order valence-corrected chi connectivity index (χ0v) is 14.4. The molecule has 0 amide bonds. The van der Waals surface area contributed by atoms with Crippen molar-refractivity contribution in [2.45, 2.75) is 77.2 Å². The highest BCUT2D eigenvalue weighted by molar-refractivity contribution is 5.30. The Kier molecular flexibility index (Phi) is 2.28. The van der Waals surface area contributed by atoms with Crippen LogP contribution in [-0.2, 0) is 4.74 Å². The summed E-state index contributed by atoms with van der Waals surface area (Å²) in [5.74, 6) is 6.51. The minimum absolute atomic E-state index is 0.267.